The standard InChI is InChI=1S/C11H19N3O3S/c1-2-5-14(6-7-15)9-3-4-11(10(12)8-9)18(13,16)17/h3-4,8,15H,2,5-7,12H2,1H3,(H2,13,16,17). The minimum Gasteiger partial charge on any atom is -0.398 e. The Kier molecular flexibility index (Phi) is 4.94. The smallest absolute Gasteiger partial charge is 0.240 e. The molecule has 6 nitrogen and oxygen atoms in total. The Morgan fingerprint density at radius 1 is 1.33 bits per heavy atom. The van der Waals surface area contributed by atoms with E-state index >= 15 is 0 Å². The Hall–Kier alpha value is -1.31. The van der Waals surface area contributed by atoms with Crippen molar-refractivity contribution < 1.29 is 13.5 Å². The van der Waals surface area contributed by atoms with E-state index in [1.807, 2.05) is 11.8 Å². The summed E-state index contributed by atoms with van der Waals surface area (Å²) in [5, 5.41) is 14.0. The monoisotopic (exact) mass is 273 g/mol. The molecule has 0 radical (unpaired) electrons. The second-order valence-electron chi connectivity index (χ2n) is 3.98. The van der Waals surface area contributed by atoms with Gasteiger partial charge in [-0.05, 0) is 24.6 Å². The van der Waals surface area contributed by atoms with Gasteiger partial charge >= 0.3 is 0 Å². The molecule has 0 aliphatic rings. The zero-order valence-electron chi connectivity index (χ0n) is 10.3. The van der Waals surface area contributed by atoms with Gasteiger partial charge in [-0.2, -0.15) is 0 Å². The number of rotatable bonds is 6. The molecule has 0 atom stereocenters. The van der Waals surface area contributed by atoms with E-state index in [2.05, 4.69) is 0 Å². The summed E-state index contributed by atoms with van der Waals surface area (Å²) in [5.74, 6) is 0. The molecular formula is C11H19N3O3S. The second kappa shape index (κ2) is 6.03. The highest BCUT2D eigenvalue weighted by Crippen LogP contribution is 2.24. The van der Waals surface area contributed by atoms with Crippen molar-refractivity contribution in [2.24, 2.45) is 5.14 Å². The van der Waals surface area contributed by atoms with Crippen molar-refractivity contribution >= 4 is 21.4 Å². The Morgan fingerprint density at radius 2 is 2.00 bits per heavy atom. The van der Waals surface area contributed by atoms with Gasteiger partial charge in [0.15, 0.2) is 0 Å². The van der Waals surface area contributed by atoms with Crippen molar-refractivity contribution in [3.63, 3.8) is 0 Å². The predicted octanol–water partition coefficient (Wildman–Crippen LogP) is 0.125. The van der Waals surface area contributed by atoms with Crippen LogP contribution in [0.25, 0.3) is 0 Å². The SMILES string of the molecule is CCCN(CCO)c1ccc(S(N)(=O)=O)c(N)c1. The number of primary sulfonamides is 1. The molecule has 0 fully saturated rings. The van der Waals surface area contributed by atoms with E-state index in [1.54, 1.807) is 12.1 Å². The molecule has 0 aliphatic heterocycles. The van der Waals surface area contributed by atoms with Gasteiger partial charge in [0.05, 0.1) is 12.3 Å². The Balaban J connectivity index is 3.09. The van der Waals surface area contributed by atoms with Crippen LogP contribution in [0.15, 0.2) is 23.1 Å². The summed E-state index contributed by atoms with van der Waals surface area (Å²) in [5.41, 5.74) is 6.58. The van der Waals surface area contributed by atoms with Crippen molar-refractivity contribution in [2.45, 2.75) is 18.2 Å². The fraction of sp³-hybridized carbons (Fsp3) is 0.455. The summed E-state index contributed by atoms with van der Waals surface area (Å²) in [6.45, 7) is 3.28. The van der Waals surface area contributed by atoms with Gasteiger partial charge in [-0.3, -0.25) is 0 Å². The molecule has 0 saturated carbocycles. The third-order valence-electron chi connectivity index (χ3n) is 2.53. The molecule has 1 aromatic rings. The van der Waals surface area contributed by atoms with Crippen molar-refractivity contribution in [3.8, 4) is 0 Å². The fourth-order valence-corrected chi connectivity index (χ4v) is 2.40. The zero-order valence-corrected chi connectivity index (χ0v) is 11.2. The molecule has 0 amide bonds. The largest absolute Gasteiger partial charge is 0.398 e. The minimum atomic E-state index is -3.79. The molecule has 0 unspecified atom stereocenters. The molecule has 0 aliphatic carbocycles. The highest BCUT2D eigenvalue weighted by Gasteiger charge is 2.14. The summed E-state index contributed by atoms with van der Waals surface area (Å²) >= 11 is 0. The van der Waals surface area contributed by atoms with Gasteiger partial charge in [0, 0.05) is 18.8 Å². The van der Waals surface area contributed by atoms with Crippen molar-refractivity contribution in [1.29, 1.82) is 0 Å². The van der Waals surface area contributed by atoms with Crippen LogP contribution >= 0.6 is 0 Å². The zero-order chi connectivity index (χ0) is 13.8. The number of nitrogen functional groups attached to an aromatic ring is 1. The summed E-state index contributed by atoms with van der Waals surface area (Å²) in [7, 11) is -3.79. The molecule has 1 aromatic carbocycles. The highest BCUT2D eigenvalue weighted by molar-refractivity contribution is 7.89. The van der Waals surface area contributed by atoms with Gasteiger partial charge in [-0.1, -0.05) is 6.92 Å². The maximum Gasteiger partial charge on any atom is 0.240 e. The maximum absolute atomic E-state index is 11.2. The third-order valence-corrected chi connectivity index (χ3v) is 3.51. The van der Waals surface area contributed by atoms with E-state index < -0.39 is 10.0 Å². The number of anilines is 2. The van der Waals surface area contributed by atoms with Crippen LogP contribution in [0.1, 0.15) is 13.3 Å². The molecule has 0 saturated heterocycles. The molecule has 18 heavy (non-hydrogen) atoms. The number of hydrogen-bond donors (Lipinski definition) is 3. The minimum absolute atomic E-state index is 0.0246. The van der Waals surface area contributed by atoms with E-state index in [0.717, 1.165) is 18.7 Å². The van der Waals surface area contributed by atoms with Gasteiger partial charge in [0.2, 0.25) is 10.0 Å². The van der Waals surface area contributed by atoms with E-state index in [4.69, 9.17) is 16.0 Å². The first kappa shape index (κ1) is 14.7. The predicted molar refractivity (Wildman–Crippen MR) is 71.8 cm³/mol. The molecule has 7 heteroatoms. The van der Waals surface area contributed by atoms with Crippen LogP contribution in [0, 0.1) is 0 Å². The lowest BCUT2D eigenvalue weighted by Crippen LogP contribution is -2.27. The van der Waals surface area contributed by atoms with E-state index in [0.29, 0.717) is 6.54 Å². The number of sulfonamides is 1. The van der Waals surface area contributed by atoms with E-state index in [-0.39, 0.29) is 17.2 Å². The molecule has 0 bridgehead atoms. The molecule has 0 spiro atoms. The quantitative estimate of drug-likeness (QED) is 0.638. The van der Waals surface area contributed by atoms with Crippen molar-refractivity contribution in [1.82, 2.24) is 0 Å². The van der Waals surface area contributed by atoms with Gasteiger partial charge in [-0.15, -0.1) is 0 Å². The number of nitrogens with two attached hydrogens (primary N) is 2. The highest BCUT2D eigenvalue weighted by atomic mass is 32.2. The van der Waals surface area contributed by atoms with Crippen LogP contribution in [0.3, 0.4) is 0 Å². The Labute approximate surface area is 107 Å². The van der Waals surface area contributed by atoms with Gasteiger partial charge in [-0.25, -0.2) is 13.6 Å². The summed E-state index contributed by atoms with van der Waals surface area (Å²) < 4.78 is 22.5. The molecule has 1 rings (SSSR count). The lowest BCUT2D eigenvalue weighted by atomic mass is 10.2. The Bertz CT molecular complexity index is 496. The second-order valence-corrected chi connectivity index (χ2v) is 5.51. The lowest BCUT2D eigenvalue weighted by molar-refractivity contribution is 0.302. The van der Waals surface area contributed by atoms with Crippen LogP contribution in [0.4, 0.5) is 11.4 Å². The lowest BCUT2D eigenvalue weighted by Gasteiger charge is -2.24. The number of hydrogen-bond acceptors (Lipinski definition) is 5. The first-order valence-electron chi connectivity index (χ1n) is 5.68. The number of benzene rings is 1. The average molecular weight is 273 g/mol. The van der Waals surface area contributed by atoms with Crippen LogP contribution in [-0.4, -0.2) is 33.2 Å². The third kappa shape index (κ3) is 3.59. The van der Waals surface area contributed by atoms with Crippen LogP contribution in [-0.2, 0) is 10.0 Å². The summed E-state index contributed by atoms with van der Waals surface area (Å²) in [6, 6.07) is 4.59. The molecule has 102 valence electrons. The van der Waals surface area contributed by atoms with E-state index in [9.17, 15) is 8.42 Å². The molecule has 0 heterocycles. The number of aliphatic hydroxyl groups is 1. The molecule has 5 N–H and O–H groups in total. The maximum atomic E-state index is 11.2. The van der Waals surface area contributed by atoms with Crippen LogP contribution in [0.2, 0.25) is 0 Å². The fourth-order valence-electron chi connectivity index (χ4n) is 1.75. The Morgan fingerprint density at radius 3 is 2.44 bits per heavy atom. The van der Waals surface area contributed by atoms with Gasteiger partial charge < -0.3 is 15.7 Å². The molecule has 0 aromatic heterocycles. The first-order chi connectivity index (χ1) is 8.40. The van der Waals surface area contributed by atoms with Crippen LogP contribution < -0.4 is 15.8 Å². The van der Waals surface area contributed by atoms with Gasteiger partial charge in [0.1, 0.15) is 4.90 Å². The van der Waals surface area contributed by atoms with Crippen molar-refractivity contribution in [3.05, 3.63) is 18.2 Å². The van der Waals surface area contributed by atoms with E-state index in [1.165, 1.54) is 6.07 Å². The molecular weight excluding hydrogens is 254 g/mol. The summed E-state index contributed by atoms with van der Waals surface area (Å²) in [6.07, 6.45) is 0.914. The summed E-state index contributed by atoms with van der Waals surface area (Å²) in [4.78, 5) is 1.86. The first-order valence-corrected chi connectivity index (χ1v) is 7.23. The normalized spacial score (nSPS) is 11.5. The van der Waals surface area contributed by atoms with Crippen LogP contribution in [0.5, 0.6) is 0 Å². The number of aliphatic hydroxyl groups excluding tert-OH is 1. The van der Waals surface area contributed by atoms with Crippen molar-refractivity contribution in [2.75, 3.05) is 30.3 Å². The van der Waals surface area contributed by atoms with Gasteiger partial charge in [0.25, 0.3) is 0 Å². The number of nitrogens with zero attached hydrogens (tertiary/aromatic N) is 1. The topological polar surface area (TPSA) is 110 Å². The average Bonchev–Trinajstić information content (AvgIpc) is 2.27.